The first-order chi connectivity index (χ1) is 8.24. The molecule has 2 aromatic rings. The number of nitrogens with zero attached hydrogens (tertiary/aromatic N) is 1. The largest absolute Gasteiger partial charge is 0.433 e. The molecule has 0 saturated carbocycles. The zero-order valence-electron chi connectivity index (χ0n) is 8.71. The maximum Gasteiger partial charge on any atom is 0.294 e. The minimum absolute atomic E-state index is 0.140. The van der Waals surface area contributed by atoms with Gasteiger partial charge in [-0.1, -0.05) is 30.3 Å². The number of hydrogen-bond acceptors (Lipinski definition) is 4. The van der Waals surface area contributed by atoms with Crippen LogP contribution < -0.4 is 10.1 Å². The molecule has 1 N–H and O–H groups in total. The SMILES string of the molecule is O=[N+]([O-])C=C1Nc2c(ccc3ccccc23)O1. The van der Waals surface area contributed by atoms with E-state index in [0.717, 1.165) is 22.7 Å². The molecular formula is C12H8N2O3. The lowest BCUT2D eigenvalue weighted by molar-refractivity contribution is -0.404. The molecule has 0 spiro atoms. The van der Waals surface area contributed by atoms with Crippen LogP contribution in [0.4, 0.5) is 5.69 Å². The van der Waals surface area contributed by atoms with Crippen LogP contribution in [0, 0.1) is 10.1 Å². The smallest absolute Gasteiger partial charge is 0.294 e. The number of ether oxygens (including phenoxy) is 1. The molecule has 1 aliphatic rings. The van der Waals surface area contributed by atoms with Crippen molar-refractivity contribution in [1.29, 1.82) is 0 Å². The van der Waals surface area contributed by atoms with Gasteiger partial charge in [0.2, 0.25) is 0 Å². The number of anilines is 1. The number of rotatable bonds is 1. The van der Waals surface area contributed by atoms with Crippen molar-refractivity contribution < 1.29 is 9.66 Å². The van der Waals surface area contributed by atoms with Gasteiger partial charge in [-0.3, -0.25) is 10.1 Å². The molecule has 5 heteroatoms. The third kappa shape index (κ3) is 1.57. The summed E-state index contributed by atoms with van der Waals surface area (Å²) in [6.07, 6.45) is 0.814. The van der Waals surface area contributed by atoms with Gasteiger partial charge in [0.15, 0.2) is 5.75 Å². The van der Waals surface area contributed by atoms with Crippen molar-refractivity contribution in [2.24, 2.45) is 0 Å². The molecule has 0 radical (unpaired) electrons. The topological polar surface area (TPSA) is 64.4 Å². The lowest BCUT2D eigenvalue weighted by Crippen LogP contribution is -2.00. The minimum Gasteiger partial charge on any atom is -0.433 e. The normalized spacial score (nSPS) is 15.4. The summed E-state index contributed by atoms with van der Waals surface area (Å²) in [5, 5.41) is 15.3. The van der Waals surface area contributed by atoms with Crippen molar-refractivity contribution in [3.63, 3.8) is 0 Å². The Morgan fingerprint density at radius 2 is 2.06 bits per heavy atom. The van der Waals surface area contributed by atoms with E-state index in [1.54, 1.807) is 6.07 Å². The average molecular weight is 228 g/mol. The zero-order valence-corrected chi connectivity index (χ0v) is 8.71. The van der Waals surface area contributed by atoms with E-state index in [-0.39, 0.29) is 5.88 Å². The molecule has 0 atom stereocenters. The maximum atomic E-state index is 10.4. The molecule has 2 aromatic carbocycles. The summed E-state index contributed by atoms with van der Waals surface area (Å²) in [4.78, 5) is 9.83. The highest BCUT2D eigenvalue weighted by molar-refractivity contribution is 5.98. The van der Waals surface area contributed by atoms with Gasteiger partial charge >= 0.3 is 0 Å². The quantitative estimate of drug-likeness (QED) is 0.602. The molecule has 0 bridgehead atoms. The molecule has 0 aromatic heterocycles. The van der Waals surface area contributed by atoms with Crippen LogP contribution in [-0.4, -0.2) is 4.92 Å². The van der Waals surface area contributed by atoms with Crippen LogP contribution in [0.3, 0.4) is 0 Å². The van der Waals surface area contributed by atoms with Gasteiger partial charge in [0.1, 0.15) is 0 Å². The van der Waals surface area contributed by atoms with Gasteiger partial charge in [-0.15, -0.1) is 0 Å². The second kappa shape index (κ2) is 3.48. The van der Waals surface area contributed by atoms with Crippen LogP contribution in [0.25, 0.3) is 10.8 Å². The van der Waals surface area contributed by atoms with Crippen molar-refractivity contribution in [3.05, 3.63) is 58.6 Å². The molecule has 84 valence electrons. The highest BCUT2D eigenvalue weighted by Crippen LogP contribution is 2.39. The highest BCUT2D eigenvalue weighted by Gasteiger charge is 2.21. The summed E-state index contributed by atoms with van der Waals surface area (Å²) in [7, 11) is 0. The zero-order chi connectivity index (χ0) is 11.8. The molecular weight excluding hydrogens is 220 g/mol. The minimum atomic E-state index is -0.545. The van der Waals surface area contributed by atoms with E-state index in [1.165, 1.54) is 0 Å². The summed E-state index contributed by atoms with van der Waals surface area (Å²) in [6, 6.07) is 11.5. The molecule has 17 heavy (non-hydrogen) atoms. The van der Waals surface area contributed by atoms with Crippen LogP contribution in [0.1, 0.15) is 0 Å². The Bertz CT molecular complexity index is 649. The summed E-state index contributed by atoms with van der Waals surface area (Å²) >= 11 is 0. The number of fused-ring (bicyclic) bond motifs is 3. The number of nitrogens with one attached hydrogen (secondary N) is 1. The van der Waals surface area contributed by atoms with Crippen LogP contribution >= 0.6 is 0 Å². The van der Waals surface area contributed by atoms with Gasteiger partial charge in [0.25, 0.3) is 12.1 Å². The number of hydrogen-bond donors (Lipinski definition) is 1. The summed E-state index contributed by atoms with van der Waals surface area (Å²) < 4.78 is 5.33. The Labute approximate surface area is 96.5 Å². The first kappa shape index (κ1) is 9.65. The Balaban J connectivity index is 2.14. The fourth-order valence-electron chi connectivity index (χ4n) is 1.89. The summed E-state index contributed by atoms with van der Waals surface area (Å²) in [5.74, 6) is 0.748. The third-order valence-electron chi connectivity index (χ3n) is 2.58. The maximum absolute atomic E-state index is 10.4. The Morgan fingerprint density at radius 1 is 1.24 bits per heavy atom. The molecule has 5 nitrogen and oxygen atoms in total. The van der Waals surface area contributed by atoms with Crippen molar-refractivity contribution in [2.75, 3.05) is 5.32 Å². The molecule has 0 unspecified atom stereocenters. The Morgan fingerprint density at radius 3 is 2.88 bits per heavy atom. The van der Waals surface area contributed by atoms with Crippen molar-refractivity contribution in [1.82, 2.24) is 0 Å². The first-order valence-electron chi connectivity index (χ1n) is 5.06. The van der Waals surface area contributed by atoms with Crippen LogP contribution in [0.5, 0.6) is 5.75 Å². The highest BCUT2D eigenvalue weighted by atomic mass is 16.6. The fraction of sp³-hybridized carbons (Fsp3) is 0. The van der Waals surface area contributed by atoms with E-state index in [1.807, 2.05) is 30.3 Å². The fourth-order valence-corrected chi connectivity index (χ4v) is 1.89. The molecule has 0 saturated heterocycles. The van der Waals surface area contributed by atoms with E-state index in [0.29, 0.717) is 5.75 Å². The van der Waals surface area contributed by atoms with Crippen LogP contribution in [-0.2, 0) is 0 Å². The lowest BCUT2D eigenvalue weighted by atomic mass is 10.1. The monoisotopic (exact) mass is 228 g/mol. The average Bonchev–Trinajstić information content (AvgIpc) is 2.70. The molecule has 1 aliphatic heterocycles. The molecule has 1 heterocycles. The van der Waals surface area contributed by atoms with E-state index in [9.17, 15) is 10.1 Å². The van der Waals surface area contributed by atoms with Crippen LogP contribution in [0.15, 0.2) is 48.5 Å². The number of benzene rings is 2. The van der Waals surface area contributed by atoms with Crippen molar-refractivity contribution in [2.45, 2.75) is 0 Å². The van der Waals surface area contributed by atoms with E-state index in [4.69, 9.17) is 4.74 Å². The van der Waals surface area contributed by atoms with Gasteiger partial charge in [0, 0.05) is 5.39 Å². The molecule has 3 rings (SSSR count). The first-order valence-corrected chi connectivity index (χ1v) is 5.06. The number of nitro groups is 1. The van der Waals surface area contributed by atoms with Gasteiger partial charge < -0.3 is 10.1 Å². The standard InChI is InChI=1S/C12H8N2O3/c15-14(16)7-11-13-12-9-4-2-1-3-8(9)5-6-10(12)17-11/h1-7,13H. The Kier molecular flexibility index (Phi) is 1.98. The second-order valence-corrected chi connectivity index (χ2v) is 3.67. The second-order valence-electron chi connectivity index (χ2n) is 3.67. The van der Waals surface area contributed by atoms with Gasteiger partial charge in [-0.2, -0.15) is 0 Å². The Hall–Kier alpha value is -2.56. The van der Waals surface area contributed by atoms with Gasteiger partial charge in [0.05, 0.1) is 10.6 Å². The third-order valence-corrected chi connectivity index (χ3v) is 2.58. The predicted octanol–water partition coefficient (Wildman–Crippen LogP) is 2.72. The lowest BCUT2D eigenvalue weighted by Gasteiger charge is -2.01. The predicted molar refractivity (Wildman–Crippen MR) is 63.3 cm³/mol. The van der Waals surface area contributed by atoms with Gasteiger partial charge in [-0.25, -0.2) is 0 Å². The van der Waals surface area contributed by atoms with Crippen LogP contribution in [0.2, 0.25) is 0 Å². The van der Waals surface area contributed by atoms with Crippen molar-refractivity contribution >= 4 is 16.5 Å². The van der Waals surface area contributed by atoms with Gasteiger partial charge in [-0.05, 0) is 11.5 Å². The summed E-state index contributed by atoms with van der Waals surface area (Å²) in [5.41, 5.74) is 0.774. The van der Waals surface area contributed by atoms with E-state index >= 15 is 0 Å². The molecule has 0 aliphatic carbocycles. The molecule has 0 amide bonds. The molecule has 0 fully saturated rings. The summed E-state index contributed by atoms with van der Waals surface area (Å²) in [6.45, 7) is 0. The van der Waals surface area contributed by atoms with E-state index in [2.05, 4.69) is 5.32 Å². The van der Waals surface area contributed by atoms with E-state index < -0.39 is 4.92 Å². The van der Waals surface area contributed by atoms with Crippen molar-refractivity contribution in [3.8, 4) is 5.75 Å².